The lowest BCUT2D eigenvalue weighted by Gasteiger charge is -2.28. The van der Waals surface area contributed by atoms with Crippen LogP contribution in [-0.4, -0.2) is 37.8 Å². The summed E-state index contributed by atoms with van der Waals surface area (Å²) in [6, 6.07) is 5.56. The number of hydrogen-bond acceptors (Lipinski definition) is 7. The van der Waals surface area contributed by atoms with Gasteiger partial charge < -0.3 is 10.6 Å². The van der Waals surface area contributed by atoms with Gasteiger partial charge in [0.25, 0.3) is 5.91 Å². The van der Waals surface area contributed by atoms with Crippen LogP contribution in [0.5, 0.6) is 0 Å². The van der Waals surface area contributed by atoms with Crippen molar-refractivity contribution in [3.63, 3.8) is 0 Å². The Labute approximate surface area is 178 Å². The van der Waals surface area contributed by atoms with Crippen LogP contribution < -0.4 is 10.6 Å². The molecule has 1 fully saturated rings. The van der Waals surface area contributed by atoms with Crippen molar-refractivity contribution in [2.75, 3.05) is 0 Å². The van der Waals surface area contributed by atoms with E-state index in [1.807, 2.05) is 23.6 Å². The molecule has 0 saturated heterocycles. The first kappa shape index (κ1) is 20.1. The normalized spacial score (nSPS) is 18.5. The average Bonchev–Trinajstić information content (AvgIpc) is 3.32. The Morgan fingerprint density at radius 2 is 1.83 bits per heavy atom. The summed E-state index contributed by atoms with van der Waals surface area (Å²) in [5.74, 6) is 0.333. The molecular formula is C21H22N6O2S. The third-order valence-electron chi connectivity index (χ3n) is 5.17. The largest absolute Gasteiger partial charge is 0.350 e. The van der Waals surface area contributed by atoms with Crippen molar-refractivity contribution >= 4 is 23.2 Å². The zero-order chi connectivity index (χ0) is 20.8. The number of carbonyl (C=O) groups excluding carboxylic acids is 2. The number of hydrogen-bond donors (Lipinski definition) is 2. The fourth-order valence-corrected chi connectivity index (χ4v) is 4.05. The molecule has 3 aromatic rings. The second-order valence-corrected chi connectivity index (χ2v) is 7.95. The van der Waals surface area contributed by atoms with E-state index in [0.29, 0.717) is 23.6 Å². The van der Waals surface area contributed by atoms with Gasteiger partial charge in [-0.2, -0.15) is 0 Å². The van der Waals surface area contributed by atoms with Crippen LogP contribution in [0.1, 0.15) is 41.7 Å². The quantitative estimate of drug-likeness (QED) is 0.632. The summed E-state index contributed by atoms with van der Waals surface area (Å²) in [5.41, 5.74) is 3.71. The summed E-state index contributed by atoms with van der Waals surface area (Å²) < 4.78 is 0. The van der Waals surface area contributed by atoms with E-state index >= 15 is 0 Å². The highest BCUT2D eigenvalue weighted by atomic mass is 32.1. The van der Waals surface area contributed by atoms with Gasteiger partial charge in [0.15, 0.2) is 5.82 Å². The Bertz CT molecular complexity index is 971. The lowest BCUT2D eigenvalue weighted by atomic mass is 9.85. The third-order valence-corrected chi connectivity index (χ3v) is 5.80. The lowest BCUT2D eigenvalue weighted by Crippen LogP contribution is -2.40. The Morgan fingerprint density at radius 3 is 2.50 bits per heavy atom. The number of aromatic nitrogens is 4. The van der Waals surface area contributed by atoms with Gasteiger partial charge in [0, 0.05) is 35.9 Å². The predicted octanol–water partition coefficient (Wildman–Crippen LogP) is 2.60. The van der Waals surface area contributed by atoms with Crippen molar-refractivity contribution in [2.45, 2.75) is 38.3 Å². The topological polar surface area (TPSA) is 110 Å². The summed E-state index contributed by atoms with van der Waals surface area (Å²) in [6.07, 6.45) is 7.76. The van der Waals surface area contributed by atoms with Crippen molar-refractivity contribution in [3.8, 4) is 11.5 Å². The molecule has 1 aliphatic carbocycles. The minimum Gasteiger partial charge on any atom is -0.350 e. The molecule has 4 rings (SSSR count). The number of carbonyl (C=O) groups is 2. The van der Waals surface area contributed by atoms with Gasteiger partial charge in [-0.3, -0.25) is 14.6 Å². The van der Waals surface area contributed by atoms with Crippen molar-refractivity contribution in [1.82, 2.24) is 30.6 Å². The van der Waals surface area contributed by atoms with Crippen molar-refractivity contribution in [2.24, 2.45) is 5.92 Å². The van der Waals surface area contributed by atoms with Crippen molar-refractivity contribution in [3.05, 3.63) is 58.9 Å². The Morgan fingerprint density at radius 1 is 1.03 bits per heavy atom. The fourth-order valence-electron chi connectivity index (χ4n) is 3.49. The number of thiazole rings is 1. The maximum absolute atomic E-state index is 12.5. The zero-order valence-corrected chi connectivity index (χ0v) is 17.1. The standard InChI is InChI=1S/C21H22N6O2S/c28-20(25-11-17-12-30-13-26-17)14-4-6-16(7-5-14)27-21(29)15-9-23-19(24-10-15)18-3-1-2-8-22-18/h1-3,8-10,12-14,16H,4-7,11H2,(H,25,28)(H,27,29). The van der Waals surface area contributed by atoms with E-state index in [2.05, 4.69) is 30.6 Å². The monoisotopic (exact) mass is 422 g/mol. The van der Waals surface area contributed by atoms with Crippen LogP contribution in [0.25, 0.3) is 11.5 Å². The molecule has 2 N–H and O–H groups in total. The first-order valence-corrected chi connectivity index (χ1v) is 10.8. The molecule has 0 aromatic carbocycles. The molecule has 9 heteroatoms. The third kappa shape index (κ3) is 5.04. The van der Waals surface area contributed by atoms with Gasteiger partial charge >= 0.3 is 0 Å². The summed E-state index contributed by atoms with van der Waals surface area (Å²) in [4.78, 5) is 41.7. The first-order valence-electron chi connectivity index (χ1n) is 9.88. The smallest absolute Gasteiger partial charge is 0.254 e. The maximum Gasteiger partial charge on any atom is 0.254 e. The summed E-state index contributed by atoms with van der Waals surface area (Å²) in [6.45, 7) is 0.466. The van der Waals surface area contributed by atoms with Crippen LogP contribution in [0.4, 0.5) is 0 Å². The molecule has 0 bridgehead atoms. The van der Waals surface area contributed by atoms with Gasteiger partial charge in [0.2, 0.25) is 5.91 Å². The van der Waals surface area contributed by atoms with Crippen LogP contribution in [-0.2, 0) is 11.3 Å². The first-order chi connectivity index (χ1) is 14.7. The van der Waals surface area contributed by atoms with E-state index in [1.54, 1.807) is 11.7 Å². The van der Waals surface area contributed by atoms with E-state index in [4.69, 9.17) is 0 Å². The molecule has 0 spiro atoms. The summed E-state index contributed by atoms with van der Waals surface area (Å²) in [5, 5.41) is 7.91. The van der Waals surface area contributed by atoms with Crippen molar-refractivity contribution < 1.29 is 9.59 Å². The highest BCUT2D eigenvalue weighted by Gasteiger charge is 2.27. The van der Waals surface area contributed by atoms with Gasteiger partial charge in [-0.1, -0.05) is 6.07 Å². The molecule has 30 heavy (non-hydrogen) atoms. The Hall–Kier alpha value is -3.20. The molecule has 1 saturated carbocycles. The number of pyridine rings is 1. The van der Waals surface area contributed by atoms with Gasteiger partial charge in [0.05, 0.1) is 23.3 Å². The van der Waals surface area contributed by atoms with Gasteiger partial charge in [0.1, 0.15) is 5.69 Å². The Kier molecular flexibility index (Phi) is 6.38. The summed E-state index contributed by atoms with van der Waals surface area (Å²) in [7, 11) is 0. The second-order valence-electron chi connectivity index (χ2n) is 7.23. The minimum atomic E-state index is -0.195. The number of rotatable bonds is 6. The molecule has 3 heterocycles. The van der Waals surface area contributed by atoms with Crippen LogP contribution in [0.3, 0.4) is 0 Å². The second kappa shape index (κ2) is 9.53. The zero-order valence-electron chi connectivity index (χ0n) is 16.3. The number of nitrogens with zero attached hydrogens (tertiary/aromatic N) is 4. The molecule has 1 aliphatic rings. The van der Waals surface area contributed by atoms with Crippen LogP contribution in [0.2, 0.25) is 0 Å². The number of nitrogens with one attached hydrogen (secondary N) is 2. The molecule has 3 aromatic heterocycles. The summed E-state index contributed by atoms with van der Waals surface area (Å²) >= 11 is 1.52. The van der Waals surface area contributed by atoms with Crippen LogP contribution in [0.15, 0.2) is 47.7 Å². The molecule has 0 aliphatic heterocycles. The molecular weight excluding hydrogens is 400 g/mol. The molecule has 0 atom stereocenters. The molecule has 0 radical (unpaired) electrons. The van der Waals surface area contributed by atoms with E-state index in [-0.39, 0.29) is 23.8 Å². The number of amides is 2. The molecule has 2 amide bonds. The highest BCUT2D eigenvalue weighted by molar-refractivity contribution is 7.07. The van der Waals surface area contributed by atoms with Gasteiger partial charge in [-0.15, -0.1) is 11.3 Å². The molecule has 0 unspecified atom stereocenters. The lowest BCUT2D eigenvalue weighted by molar-refractivity contribution is -0.126. The van der Waals surface area contributed by atoms with Gasteiger partial charge in [-0.25, -0.2) is 15.0 Å². The van der Waals surface area contributed by atoms with Gasteiger partial charge in [-0.05, 0) is 37.8 Å². The minimum absolute atomic E-state index is 0.0159. The van der Waals surface area contributed by atoms with Crippen LogP contribution in [0, 0.1) is 5.92 Å². The highest BCUT2D eigenvalue weighted by Crippen LogP contribution is 2.25. The van der Waals surface area contributed by atoms with E-state index in [9.17, 15) is 9.59 Å². The van der Waals surface area contributed by atoms with Crippen molar-refractivity contribution in [1.29, 1.82) is 0 Å². The van der Waals surface area contributed by atoms with E-state index in [0.717, 1.165) is 31.4 Å². The maximum atomic E-state index is 12.5. The Balaban J connectivity index is 1.24. The average molecular weight is 423 g/mol. The fraction of sp³-hybridized carbons (Fsp3) is 0.333. The van der Waals surface area contributed by atoms with E-state index < -0.39 is 0 Å². The van der Waals surface area contributed by atoms with E-state index in [1.165, 1.54) is 23.7 Å². The molecule has 154 valence electrons. The SMILES string of the molecule is O=C(NC1CCC(C(=O)NCc2cscn2)CC1)c1cnc(-c2ccccn2)nc1. The van der Waals surface area contributed by atoms with Crippen LogP contribution >= 0.6 is 11.3 Å². The predicted molar refractivity (Wildman–Crippen MR) is 112 cm³/mol. The molecule has 8 nitrogen and oxygen atoms in total.